The predicted octanol–water partition coefficient (Wildman–Crippen LogP) is 3.14. The number of aryl methyl sites for hydroxylation is 1. The highest BCUT2D eigenvalue weighted by atomic mass is 32.1. The third-order valence-electron chi connectivity index (χ3n) is 2.92. The molecule has 0 fully saturated rings. The summed E-state index contributed by atoms with van der Waals surface area (Å²) < 4.78 is 1.19. The van der Waals surface area contributed by atoms with Crippen molar-refractivity contribution in [3.8, 4) is 0 Å². The fraction of sp³-hybridized carbons (Fsp3) is 0.429. The van der Waals surface area contributed by atoms with Crippen molar-refractivity contribution < 1.29 is 4.79 Å². The quantitative estimate of drug-likeness (QED) is 0.899. The molecular weight excluding hydrogens is 244 g/mol. The van der Waals surface area contributed by atoms with Gasteiger partial charge in [0.15, 0.2) is 0 Å². The molecule has 18 heavy (non-hydrogen) atoms. The first-order valence-corrected chi connectivity index (χ1v) is 7.14. The van der Waals surface area contributed by atoms with Gasteiger partial charge in [0.2, 0.25) is 5.91 Å². The highest BCUT2D eigenvalue weighted by Crippen LogP contribution is 2.22. The average molecular weight is 262 g/mol. The largest absolute Gasteiger partial charge is 0.354 e. The molecule has 0 aliphatic heterocycles. The maximum atomic E-state index is 11.7. The van der Waals surface area contributed by atoms with Crippen LogP contribution >= 0.6 is 11.3 Å². The summed E-state index contributed by atoms with van der Waals surface area (Å²) in [5.41, 5.74) is 1.03. The fourth-order valence-corrected chi connectivity index (χ4v) is 2.66. The Morgan fingerprint density at radius 1 is 1.44 bits per heavy atom. The van der Waals surface area contributed by atoms with Crippen molar-refractivity contribution in [2.75, 3.05) is 0 Å². The van der Waals surface area contributed by atoms with Gasteiger partial charge in [-0.3, -0.25) is 4.79 Å². The molecule has 0 aliphatic rings. The van der Waals surface area contributed by atoms with E-state index in [1.165, 1.54) is 4.70 Å². The molecule has 1 atom stereocenters. The lowest BCUT2D eigenvalue weighted by Gasteiger charge is -2.10. The van der Waals surface area contributed by atoms with E-state index in [2.05, 4.69) is 23.3 Å². The van der Waals surface area contributed by atoms with E-state index in [1.54, 1.807) is 11.3 Å². The van der Waals surface area contributed by atoms with Gasteiger partial charge in [0.1, 0.15) is 0 Å². The van der Waals surface area contributed by atoms with Crippen LogP contribution in [0, 0.1) is 0 Å². The summed E-state index contributed by atoms with van der Waals surface area (Å²) in [5.74, 6) is 0.114. The number of aromatic nitrogens is 1. The van der Waals surface area contributed by atoms with Crippen molar-refractivity contribution >= 4 is 27.5 Å². The average Bonchev–Trinajstić information content (AvgIpc) is 2.79. The van der Waals surface area contributed by atoms with Crippen LogP contribution in [0.3, 0.4) is 0 Å². The zero-order chi connectivity index (χ0) is 13.0. The van der Waals surface area contributed by atoms with E-state index in [1.807, 2.05) is 25.1 Å². The Bertz CT molecular complexity index is 502. The third kappa shape index (κ3) is 3.29. The van der Waals surface area contributed by atoms with Gasteiger partial charge in [-0.25, -0.2) is 4.98 Å². The van der Waals surface area contributed by atoms with E-state index in [-0.39, 0.29) is 11.9 Å². The molecule has 2 rings (SSSR count). The predicted molar refractivity (Wildman–Crippen MR) is 75.8 cm³/mol. The van der Waals surface area contributed by atoms with E-state index in [0.717, 1.165) is 23.4 Å². The van der Waals surface area contributed by atoms with Gasteiger partial charge in [-0.1, -0.05) is 19.1 Å². The number of rotatable bonds is 5. The normalized spacial score (nSPS) is 12.6. The molecule has 1 heterocycles. The Balaban J connectivity index is 1.92. The van der Waals surface area contributed by atoms with Crippen molar-refractivity contribution in [3.63, 3.8) is 0 Å². The molecule has 3 nitrogen and oxygen atoms in total. The summed E-state index contributed by atoms with van der Waals surface area (Å²) in [6.07, 6.45) is 2.21. The third-order valence-corrected chi connectivity index (χ3v) is 4.02. The zero-order valence-corrected chi connectivity index (χ0v) is 11.6. The summed E-state index contributed by atoms with van der Waals surface area (Å²) in [4.78, 5) is 16.2. The Morgan fingerprint density at radius 2 is 2.22 bits per heavy atom. The van der Waals surface area contributed by atoms with E-state index in [9.17, 15) is 4.79 Å². The molecule has 0 spiro atoms. The van der Waals surface area contributed by atoms with E-state index in [4.69, 9.17) is 0 Å². The summed E-state index contributed by atoms with van der Waals surface area (Å²) in [6, 6.07) is 8.33. The Hall–Kier alpha value is -1.42. The number of fused-ring (bicyclic) bond motifs is 1. The lowest BCUT2D eigenvalue weighted by Crippen LogP contribution is -2.31. The molecule has 0 radical (unpaired) electrons. The van der Waals surface area contributed by atoms with Crippen molar-refractivity contribution in [2.24, 2.45) is 0 Å². The van der Waals surface area contributed by atoms with Crippen LogP contribution in [-0.4, -0.2) is 16.9 Å². The molecule has 1 aromatic carbocycles. The molecule has 4 heteroatoms. The smallest absolute Gasteiger partial charge is 0.220 e. The number of hydrogen-bond donors (Lipinski definition) is 1. The van der Waals surface area contributed by atoms with Gasteiger partial charge in [0, 0.05) is 18.9 Å². The molecule has 96 valence electrons. The number of benzene rings is 1. The molecule has 1 amide bonds. The van der Waals surface area contributed by atoms with Gasteiger partial charge >= 0.3 is 0 Å². The van der Waals surface area contributed by atoms with Crippen LogP contribution in [0.2, 0.25) is 0 Å². The molecule has 0 aliphatic carbocycles. The monoisotopic (exact) mass is 262 g/mol. The second kappa shape index (κ2) is 5.96. The molecular formula is C14H18N2OS. The number of carbonyl (C=O) groups excluding carboxylic acids is 1. The molecule has 0 saturated carbocycles. The number of hydrogen-bond acceptors (Lipinski definition) is 3. The number of carbonyl (C=O) groups is 1. The Labute approximate surface area is 111 Å². The van der Waals surface area contributed by atoms with Gasteiger partial charge in [-0.15, -0.1) is 11.3 Å². The SMILES string of the molecule is CC[C@@H](C)NC(=O)CCc1nc2ccccc2s1. The minimum absolute atomic E-state index is 0.114. The van der Waals surface area contributed by atoms with E-state index < -0.39 is 0 Å². The maximum absolute atomic E-state index is 11.7. The van der Waals surface area contributed by atoms with Crippen LogP contribution in [0.1, 0.15) is 31.7 Å². The van der Waals surface area contributed by atoms with Gasteiger partial charge in [-0.2, -0.15) is 0 Å². The number of nitrogens with zero attached hydrogens (tertiary/aromatic N) is 1. The van der Waals surface area contributed by atoms with Crippen LogP contribution in [-0.2, 0) is 11.2 Å². The fourth-order valence-electron chi connectivity index (χ4n) is 1.70. The topological polar surface area (TPSA) is 42.0 Å². The number of nitrogens with one attached hydrogen (secondary N) is 1. The van der Waals surface area contributed by atoms with Crippen molar-refractivity contribution in [1.29, 1.82) is 0 Å². The first kappa shape index (κ1) is 13.0. The molecule has 1 aromatic heterocycles. The summed E-state index contributed by atoms with van der Waals surface area (Å²) in [6.45, 7) is 4.09. The van der Waals surface area contributed by atoms with Gasteiger partial charge < -0.3 is 5.32 Å². The standard InChI is InChI=1S/C14H18N2OS/c1-3-10(2)15-13(17)8-9-14-16-11-6-4-5-7-12(11)18-14/h4-7,10H,3,8-9H2,1-2H3,(H,15,17)/t10-/m1/s1. The van der Waals surface area contributed by atoms with Crippen LogP contribution in [0.25, 0.3) is 10.2 Å². The second-order valence-electron chi connectivity index (χ2n) is 4.45. The molecule has 0 unspecified atom stereocenters. The van der Waals surface area contributed by atoms with Gasteiger partial charge in [0.25, 0.3) is 0 Å². The molecule has 2 aromatic rings. The van der Waals surface area contributed by atoms with E-state index in [0.29, 0.717) is 6.42 Å². The van der Waals surface area contributed by atoms with Gasteiger partial charge in [-0.05, 0) is 25.5 Å². The minimum atomic E-state index is 0.114. The minimum Gasteiger partial charge on any atom is -0.354 e. The Morgan fingerprint density at radius 3 is 2.94 bits per heavy atom. The maximum Gasteiger partial charge on any atom is 0.220 e. The van der Waals surface area contributed by atoms with Crippen molar-refractivity contribution in [1.82, 2.24) is 10.3 Å². The molecule has 1 N–H and O–H groups in total. The van der Waals surface area contributed by atoms with Crippen molar-refractivity contribution in [2.45, 2.75) is 39.2 Å². The first-order chi connectivity index (χ1) is 8.69. The number of thiazole rings is 1. The lowest BCUT2D eigenvalue weighted by molar-refractivity contribution is -0.121. The van der Waals surface area contributed by atoms with Crippen LogP contribution in [0.15, 0.2) is 24.3 Å². The summed E-state index contributed by atoms with van der Waals surface area (Å²) in [7, 11) is 0. The number of amides is 1. The number of para-hydroxylation sites is 1. The first-order valence-electron chi connectivity index (χ1n) is 6.33. The summed E-state index contributed by atoms with van der Waals surface area (Å²) in [5, 5.41) is 4.01. The zero-order valence-electron chi connectivity index (χ0n) is 10.8. The molecule has 0 saturated heterocycles. The van der Waals surface area contributed by atoms with Crippen LogP contribution < -0.4 is 5.32 Å². The highest BCUT2D eigenvalue weighted by Gasteiger charge is 2.08. The van der Waals surface area contributed by atoms with E-state index >= 15 is 0 Å². The van der Waals surface area contributed by atoms with Crippen LogP contribution in [0.5, 0.6) is 0 Å². The lowest BCUT2D eigenvalue weighted by atomic mass is 10.2. The van der Waals surface area contributed by atoms with Gasteiger partial charge in [0.05, 0.1) is 15.2 Å². The van der Waals surface area contributed by atoms with Crippen LogP contribution in [0.4, 0.5) is 0 Å². The van der Waals surface area contributed by atoms with Crippen molar-refractivity contribution in [3.05, 3.63) is 29.3 Å². The summed E-state index contributed by atoms with van der Waals surface area (Å²) >= 11 is 1.67. The Kier molecular flexibility index (Phi) is 4.31. The second-order valence-corrected chi connectivity index (χ2v) is 5.57. The molecule has 0 bridgehead atoms. The highest BCUT2D eigenvalue weighted by molar-refractivity contribution is 7.18.